The SMILES string of the molecule is O=C(O)COC(=O)c1ccc2ccccc2[n+]1CC(=O)c1ccccc1. The van der Waals surface area contributed by atoms with E-state index in [0.717, 1.165) is 5.39 Å². The Morgan fingerprint density at radius 1 is 0.885 bits per heavy atom. The van der Waals surface area contributed by atoms with Crippen LogP contribution in [0.1, 0.15) is 20.8 Å². The predicted molar refractivity (Wildman–Crippen MR) is 92.8 cm³/mol. The standard InChI is InChI=1S/C20H15NO5/c22-18(15-7-2-1-3-8-15)12-21-16-9-5-4-6-14(16)10-11-17(21)20(25)26-13-19(23)24/h1-11H,12-13H2/p+1. The molecular formula is C20H16NO5+. The Morgan fingerprint density at radius 2 is 1.58 bits per heavy atom. The Balaban J connectivity index is 2.02. The van der Waals surface area contributed by atoms with Crippen LogP contribution in [0.25, 0.3) is 10.9 Å². The zero-order valence-corrected chi connectivity index (χ0v) is 13.8. The minimum Gasteiger partial charge on any atom is -0.479 e. The molecule has 0 aliphatic rings. The van der Waals surface area contributed by atoms with Gasteiger partial charge in [0.05, 0.1) is 0 Å². The zero-order chi connectivity index (χ0) is 18.5. The number of Topliss-reactive ketones (excluding diaryl/α,β-unsaturated/α-hetero) is 1. The van der Waals surface area contributed by atoms with E-state index in [1.807, 2.05) is 18.2 Å². The van der Waals surface area contributed by atoms with Crippen LogP contribution in [0.3, 0.4) is 0 Å². The second-order valence-electron chi connectivity index (χ2n) is 5.62. The predicted octanol–water partition coefficient (Wildman–Crippen LogP) is 2.25. The Labute approximate surface area is 149 Å². The smallest absolute Gasteiger partial charge is 0.404 e. The number of fused-ring (bicyclic) bond motifs is 1. The van der Waals surface area contributed by atoms with E-state index in [9.17, 15) is 14.4 Å². The van der Waals surface area contributed by atoms with Gasteiger partial charge in [-0.25, -0.2) is 9.59 Å². The van der Waals surface area contributed by atoms with Crippen LogP contribution in [0.15, 0.2) is 66.7 Å². The summed E-state index contributed by atoms with van der Waals surface area (Å²) in [6.45, 7) is -0.804. The second kappa shape index (κ2) is 7.57. The number of nitrogens with zero attached hydrogens (tertiary/aromatic N) is 1. The lowest BCUT2D eigenvalue weighted by Gasteiger charge is -2.07. The molecule has 0 atom stereocenters. The summed E-state index contributed by atoms with van der Waals surface area (Å²) in [5, 5.41) is 9.56. The van der Waals surface area contributed by atoms with Crippen LogP contribution < -0.4 is 4.57 Å². The van der Waals surface area contributed by atoms with Crippen molar-refractivity contribution in [1.82, 2.24) is 0 Å². The van der Waals surface area contributed by atoms with Crippen LogP contribution in [0, 0.1) is 0 Å². The number of ether oxygens (including phenoxy) is 1. The third kappa shape index (κ3) is 3.75. The number of rotatable bonds is 6. The van der Waals surface area contributed by atoms with E-state index in [0.29, 0.717) is 11.1 Å². The van der Waals surface area contributed by atoms with Crippen LogP contribution in [0.5, 0.6) is 0 Å². The number of benzene rings is 2. The van der Waals surface area contributed by atoms with Gasteiger partial charge in [-0.2, -0.15) is 4.57 Å². The maximum atomic E-state index is 12.6. The molecule has 0 aliphatic heterocycles. The van der Waals surface area contributed by atoms with Gasteiger partial charge < -0.3 is 9.84 Å². The number of carboxylic acids is 1. The molecule has 6 nitrogen and oxygen atoms in total. The summed E-state index contributed by atoms with van der Waals surface area (Å²) >= 11 is 0. The highest BCUT2D eigenvalue weighted by Crippen LogP contribution is 2.12. The van der Waals surface area contributed by atoms with Gasteiger partial charge in [0.2, 0.25) is 17.8 Å². The van der Waals surface area contributed by atoms with Crippen LogP contribution in [-0.2, 0) is 16.1 Å². The van der Waals surface area contributed by atoms with Gasteiger partial charge in [0, 0.05) is 23.1 Å². The van der Waals surface area contributed by atoms with E-state index in [1.54, 1.807) is 47.0 Å². The number of aromatic nitrogens is 1. The lowest BCUT2D eigenvalue weighted by molar-refractivity contribution is -0.659. The number of para-hydroxylation sites is 1. The first-order valence-corrected chi connectivity index (χ1v) is 7.95. The molecule has 0 fully saturated rings. The van der Waals surface area contributed by atoms with Gasteiger partial charge in [0.25, 0.3) is 5.69 Å². The van der Waals surface area contributed by atoms with Crippen molar-refractivity contribution in [1.29, 1.82) is 0 Å². The number of carboxylic acid groups (broad SMARTS) is 1. The summed E-state index contributed by atoms with van der Waals surface area (Å²) in [6.07, 6.45) is 0. The van der Waals surface area contributed by atoms with E-state index < -0.39 is 18.5 Å². The minimum atomic E-state index is -1.24. The molecular weight excluding hydrogens is 334 g/mol. The molecule has 6 heteroatoms. The summed E-state index contributed by atoms with van der Waals surface area (Å²) in [6, 6.07) is 19.3. The monoisotopic (exact) mass is 350 g/mol. The van der Waals surface area contributed by atoms with E-state index in [4.69, 9.17) is 9.84 Å². The van der Waals surface area contributed by atoms with Gasteiger partial charge in [-0.05, 0) is 12.1 Å². The fourth-order valence-electron chi connectivity index (χ4n) is 2.67. The Kier molecular flexibility index (Phi) is 5.03. The Morgan fingerprint density at radius 3 is 2.31 bits per heavy atom. The molecule has 0 bridgehead atoms. The van der Waals surface area contributed by atoms with Gasteiger partial charge in [-0.3, -0.25) is 4.79 Å². The largest absolute Gasteiger partial charge is 0.479 e. The van der Waals surface area contributed by atoms with Crippen molar-refractivity contribution in [3.05, 3.63) is 78.0 Å². The van der Waals surface area contributed by atoms with Crippen molar-refractivity contribution < 1.29 is 28.8 Å². The van der Waals surface area contributed by atoms with E-state index in [2.05, 4.69) is 0 Å². The first kappa shape index (κ1) is 17.3. The molecule has 0 aliphatic carbocycles. The van der Waals surface area contributed by atoms with E-state index in [1.165, 1.54) is 6.07 Å². The minimum absolute atomic E-state index is 0.0666. The number of ketones is 1. The van der Waals surface area contributed by atoms with E-state index >= 15 is 0 Å². The Hall–Kier alpha value is -3.54. The van der Waals surface area contributed by atoms with Crippen LogP contribution >= 0.6 is 0 Å². The molecule has 26 heavy (non-hydrogen) atoms. The lowest BCUT2D eigenvalue weighted by Crippen LogP contribution is -2.45. The first-order chi connectivity index (χ1) is 12.6. The molecule has 3 aromatic rings. The quantitative estimate of drug-likeness (QED) is 0.419. The molecule has 3 rings (SSSR count). The molecule has 1 aromatic heterocycles. The van der Waals surface area contributed by atoms with Crippen LogP contribution in [0.2, 0.25) is 0 Å². The number of hydrogen-bond donors (Lipinski definition) is 1. The maximum absolute atomic E-state index is 12.6. The molecule has 1 N–H and O–H groups in total. The normalized spacial score (nSPS) is 10.5. The molecule has 0 saturated heterocycles. The summed E-state index contributed by atoms with van der Waals surface area (Å²) in [5.74, 6) is -2.20. The molecule has 2 aromatic carbocycles. The van der Waals surface area contributed by atoms with Gasteiger partial charge in [-0.15, -0.1) is 0 Å². The molecule has 1 heterocycles. The van der Waals surface area contributed by atoms with Gasteiger partial charge in [0.1, 0.15) is 0 Å². The summed E-state index contributed by atoms with van der Waals surface area (Å²) in [5.41, 5.74) is 1.33. The number of aliphatic carboxylic acids is 1. The number of hydrogen-bond acceptors (Lipinski definition) is 4. The number of carbonyl (C=O) groups excluding carboxylic acids is 2. The summed E-state index contributed by atoms with van der Waals surface area (Å²) < 4.78 is 6.35. The number of pyridine rings is 1. The fourth-order valence-corrected chi connectivity index (χ4v) is 2.67. The van der Waals surface area contributed by atoms with Crippen molar-refractivity contribution in [3.63, 3.8) is 0 Å². The molecule has 0 spiro atoms. The van der Waals surface area contributed by atoms with Crippen molar-refractivity contribution in [2.24, 2.45) is 0 Å². The molecule has 0 saturated carbocycles. The first-order valence-electron chi connectivity index (χ1n) is 7.95. The zero-order valence-electron chi connectivity index (χ0n) is 13.8. The molecule has 130 valence electrons. The highest BCUT2D eigenvalue weighted by molar-refractivity contribution is 5.96. The highest BCUT2D eigenvalue weighted by atomic mass is 16.5. The summed E-state index contributed by atoms with van der Waals surface area (Å²) in [4.78, 5) is 35.6. The van der Waals surface area contributed by atoms with Crippen molar-refractivity contribution in [3.8, 4) is 0 Å². The topological polar surface area (TPSA) is 84.6 Å². The van der Waals surface area contributed by atoms with Crippen LogP contribution in [-0.4, -0.2) is 29.4 Å². The second-order valence-corrected chi connectivity index (χ2v) is 5.62. The Bertz CT molecular complexity index is 982. The van der Waals surface area contributed by atoms with Gasteiger partial charge in [-0.1, -0.05) is 42.5 Å². The third-order valence-corrected chi connectivity index (χ3v) is 3.87. The van der Waals surface area contributed by atoms with Gasteiger partial charge in [0.15, 0.2) is 6.61 Å². The number of esters is 1. The fraction of sp³-hybridized carbons (Fsp3) is 0.100. The third-order valence-electron chi connectivity index (χ3n) is 3.87. The average Bonchev–Trinajstić information content (AvgIpc) is 2.67. The maximum Gasteiger partial charge on any atom is 0.404 e. The van der Waals surface area contributed by atoms with Crippen LogP contribution in [0.4, 0.5) is 0 Å². The van der Waals surface area contributed by atoms with E-state index in [-0.39, 0.29) is 18.0 Å². The summed E-state index contributed by atoms with van der Waals surface area (Å²) in [7, 11) is 0. The lowest BCUT2D eigenvalue weighted by atomic mass is 10.1. The number of carbonyl (C=O) groups is 3. The van der Waals surface area contributed by atoms with Crippen molar-refractivity contribution in [2.45, 2.75) is 6.54 Å². The molecule has 0 radical (unpaired) electrons. The van der Waals surface area contributed by atoms with Crippen molar-refractivity contribution in [2.75, 3.05) is 6.61 Å². The van der Waals surface area contributed by atoms with Gasteiger partial charge >= 0.3 is 11.9 Å². The average molecular weight is 350 g/mol. The molecule has 0 unspecified atom stereocenters. The molecule has 0 amide bonds. The van der Waals surface area contributed by atoms with Crippen molar-refractivity contribution >= 4 is 28.6 Å². The highest BCUT2D eigenvalue weighted by Gasteiger charge is 2.26.